The molecule has 0 atom stereocenters. The Morgan fingerprint density at radius 1 is 1.15 bits per heavy atom. The number of benzene rings is 1. The zero-order valence-corrected chi connectivity index (χ0v) is 21.4. The van der Waals surface area contributed by atoms with Gasteiger partial charge in [-0.25, -0.2) is 13.2 Å². The number of piperidine rings is 1. The minimum Gasteiger partial charge on any atom is -0.495 e. The number of anilines is 1. The van der Waals surface area contributed by atoms with Gasteiger partial charge in [0.2, 0.25) is 10.0 Å². The fourth-order valence-corrected chi connectivity index (χ4v) is 5.81. The second kappa shape index (κ2) is 11.2. The maximum absolute atomic E-state index is 13.2. The third kappa shape index (κ3) is 6.46. The van der Waals surface area contributed by atoms with Crippen molar-refractivity contribution in [1.29, 1.82) is 0 Å². The van der Waals surface area contributed by atoms with Crippen LogP contribution in [-0.4, -0.2) is 75.0 Å². The third-order valence-corrected chi connectivity index (χ3v) is 8.05. The highest BCUT2D eigenvalue weighted by Crippen LogP contribution is 2.30. The Morgan fingerprint density at radius 2 is 1.79 bits per heavy atom. The van der Waals surface area contributed by atoms with Crippen molar-refractivity contribution in [3.63, 3.8) is 0 Å². The summed E-state index contributed by atoms with van der Waals surface area (Å²) in [6, 6.07) is 8.46. The quantitative estimate of drug-likeness (QED) is 0.591. The number of amides is 2. The molecule has 0 unspecified atom stereocenters. The van der Waals surface area contributed by atoms with Crippen LogP contribution < -0.4 is 15.4 Å². The number of hydrogen-bond donors (Lipinski definition) is 2. The molecule has 186 valence electrons. The molecule has 0 aliphatic carbocycles. The standard InChI is InChI=1S/C24H35N5O4S/c1-17-6-7-23(22(14-17)33-5)34(31,32)28(4)21-8-11-29(12-9-21)13-10-25-24(30)27-20-15-18(2)26-19(3)16-20/h6-7,14-16,21H,8-13H2,1-5H3,(H2,25,26,27,30). The van der Waals surface area contributed by atoms with Gasteiger partial charge in [0.05, 0.1) is 7.11 Å². The molecule has 1 saturated heterocycles. The van der Waals surface area contributed by atoms with Gasteiger partial charge < -0.3 is 20.3 Å². The molecule has 3 rings (SSSR count). The summed E-state index contributed by atoms with van der Waals surface area (Å²) in [4.78, 5) is 18.9. The number of aromatic nitrogens is 1. The first-order valence-electron chi connectivity index (χ1n) is 11.5. The molecular weight excluding hydrogens is 454 g/mol. The summed E-state index contributed by atoms with van der Waals surface area (Å²) < 4.78 is 33.2. The number of urea groups is 1. The Hall–Kier alpha value is -2.69. The second-order valence-corrected chi connectivity index (χ2v) is 10.7. The molecule has 1 aromatic heterocycles. The highest BCUT2D eigenvalue weighted by Gasteiger charge is 2.32. The largest absolute Gasteiger partial charge is 0.495 e. The zero-order valence-electron chi connectivity index (χ0n) is 20.6. The number of nitrogens with one attached hydrogen (secondary N) is 2. The van der Waals surface area contributed by atoms with Gasteiger partial charge in [-0.1, -0.05) is 6.07 Å². The predicted molar refractivity (Wildman–Crippen MR) is 133 cm³/mol. The maximum Gasteiger partial charge on any atom is 0.319 e. The normalized spacial score (nSPS) is 15.4. The van der Waals surface area contributed by atoms with Crippen LogP contribution in [0.5, 0.6) is 5.75 Å². The van der Waals surface area contributed by atoms with Crippen molar-refractivity contribution in [3.05, 3.63) is 47.3 Å². The Morgan fingerprint density at radius 3 is 2.41 bits per heavy atom. The van der Waals surface area contributed by atoms with Crippen LogP contribution in [0.4, 0.5) is 10.5 Å². The van der Waals surface area contributed by atoms with E-state index in [1.165, 1.54) is 11.4 Å². The molecule has 0 bridgehead atoms. The van der Waals surface area contributed by atoms with Crippen LogP contribution in [-0.2, 0) is 10.0 Å². The smallest absolute Gasteiger partial charge is 0.319 e. The summed E-state index contributed by atoms with van der Waals surface area (Å²) in [5.74, 6) is 0.366. The van der Waals surface area contributed by atoms with E-state index in [-0.39, 0.29) is 17.0 Å². The van der Waals surface area contributed by atoms with Crippen LogP contribution in [0.1, 0.15) is 29.8 Å². The molecule has 1 fully saturated rings. The molecule has 1 aromatic carbocycles. The molecule has 1 aliphatic rings. The van der Waals surface area contributed by atoms with Gasteiger partial charge in [0, 0.05) is 43.3 Å². The number of sulfonamides is 1. The number of aryl methyl sites for hydroxylation is 3. The van der Waals surface area contributed by atoms with Crippen molar-refractivity contribution >= 4 is 21.7 Å². The van der Waals surface area contributed by atoms with Crippen LogP contribution in [0.2, 0.25) is 0 Å². The predicted octanol–water partition coefficient (Wildman–Crippen LogP) is 2.92. The van der Waals surface area contributed by atoms with Gasteiger partial charge in [-0.15, -0.1) is 0 Å². The van der Waals surface area contributed by atoms with Crippen LogP contribution in [0.25, 0.3) is 0 Å². The first-order chi connectivity index (χ1) is 16.1. The fraction of sp³-hybridized carbons (Fsp3) is 0.500. The van der Waals surface area contributed by atoms with Gasteiger partial charge in [-0.2, -0.15) is 4.31 Å². The minimum atomic E-state index is -3.66. The molecule has 34 heavy (non-hydrogen) atoms. The number of likely N-dealkylation sites (tertiary alicyclic amines) is 1. The van der Waals surface area contributed by atoms with Crippen LogP contribution in [0.15, 0.2) is 35.2 Å². The average molecular weight is 490 g/mol. The summed E-state index contributed by atoms with van der Waals surface area (Å²) in [5, 5.41) is 5.72. The van der Waals surface area contributed by atoms with E-state index in [2.05, 4.69) is 20.5 Å². The van der Waals surface area contributed by atoms with Crippen LogP contribution in [0, 0.1) is 20.8 Å². The van der Waals surface area contributed by atoms with E-state index in [0.717, 1.165) is 48.6 Å². The molecule has 1 aliphatic heterocycles. The Bertz CT molecular complexity index is 1090. The minimum absolute atomic E-state index is 0.0818. The van der Waals surface area contributed by atoms with E-state index in [0.29, 0.717) is 18.8 Å². The molecule has 2 N–H and O–H groups in total. The number of ether oxygens (including phenoxy) is 1. The van der Waals surface area contributed by atoms with Crippen molar-refractivity contribution < 1.29 is 17.9 Å². The van der Waals surface area contributed by atoms with Gasteiger partial charge in [0.15, 0.2) is 0 Å². The van der Waals surface area contributed by atoms with Crippen molar-refractivity contribution in [2.45, 2.75) is 44.6 Å². The molecular formula is C24H35N5O4S. The number of carbonyl (C=O) groups is 1. The highest BCUT2D eigenvalue weighted by atomic mass is 32.2. The molecule has 2 amide bonds. The average Bonchev–Trinajstić information content (AvgIpc) is 2.78. The van der Waals surface area contributed by atoms with E-state index < -0.39 is 10.0 Å². The van der Waals surface area contributed by atoms with E-state index in [9.17, 15) is 13.2 Å². The van der Waals surface area contributed by atoms with E-state index in [1.54, 1.807) is 25.2 Å². The molecule has 10 heteroatoms. The topological polar surface area (TPSA) is 104 Å². The number of pyridine rings is 1. The molecule has 2 aromatic rings. The number of rotatable bonds is 8. The van der Waals surface area contributed by atoms with E-state index >= 15 is 0 Å². The molecule has 0 spiro atoms. The monoisotopic (exact) mass is 489 g/mol. The number of nitrogens with zero attached hydrogens (tertiary/aromatic N) is 3. The zero-order chi connectivity index (χ0) is 24.9. The summed E-state index contributed by atoms with van der Waals surface area (Å²) in [6.07, 6.45) is 1.46. The Labute approximate surface area is 202 Å². The van der Waals surface area contributed by atoms with Crippen molar-refractivity contribution in [2.75, 3.05) is 45.7 Å². The summed E-state index contributed by atoms with van der Waals surface area (Å²) in [5.41, 5.74) is 3.37. The second-order valence-electron chi connectivity index (χ2n) is 8.77. The van der Waals surface area contributed by atoms with Gasteiger partial charge in [0.25, 0.3) is 0 Å². The first-order valence-corrected chi connectivity index (χ1v) is 12.9. The van der Waals surface area contributed by atoms with Gasteiger partial charge in [-0.3, -0.25) is 4.98 Å². The number of methoxy groups -OCH3 is 1. The van der Waals surface area contributed by atoms with Crippen molar-refractivity contribution in [3.8, 4) is 5.75 Å². The lowest BCUT2D eigenvalue weighted by molar-refractivity contribution is 0.170. The highest BCUT2D eigenvalue weighted by molar-refractivity contribution is 7.89. The van der Waals surface area contributed by atoms with Gasteiger partial charge in [0.1, 0.15) is 10.6 Å². The summed E-state index contributed by atoms with van der Waals surface area (Å²) in [7, 11) is -0.532. The van der Waals surface area contributed by atoms with Crippen LogP contribution in [0.3, 0.4) is 0 Å². The first kappa shape index (κ1) is 25.9. The fourth-order valence-electron chi connectivity index (χ4n) is 4.26. The SMILES string of the molecule is COc1cc(C)ccc1S(=O)(=O)N(C)C1CCN(CCNC(=O)Nc2cc(C)nc(C)c2)CC1. The number of carbonyl (C=O) groups excluding carboxylic acids is 1. The lowest BCUT2D eigenvalue weighted by Gasteiger charge is -2.36. The van der Waals surface area contributed by atoms with Gasteiger partial charge >= 0.3 is 6.03 Å². The van der Waals surface area contributed by atoms with Gasteiger partial charge in [-0.05, 0) is 76.5 Å². The van der Waals surface area contributed by atoms with Crippen molar-refractivity contribution in [2.24, 2.45) is 0 Å². The summed E-state index contributed by atoms with van der Waals surface area (Å²) >= 11 is 0. The molecule has 0 radical (unpaired) electrons. The Balaban J connectivity index is 1.47. The van der Waals surface area contributed by atoms with E-state index in [1.807, 2.05) is 32.9 Å². The third-order valence-electron chi connectivity index (χ3n) is 6.10. The Kier molecular flexibility index (Phi) is 8.51. The molecule has 0 saturated carbocycles. The van der Waals surface area contributed by atoms with E-state index in [4.69, 9.17) is 4.74 Å². The maximum atomic E-state index is 13.2. The molecule has 2 heterocycles. The summed E-state index contributed by atoms with van der Waals surface area (Å²) in [6.45, 7) is 8.42. The van der Waals surface area contributed by atoms with Crippen molar-refractivity contribution in [1.82, 2.24) is 19.5 Å². The van der Waals surface area contributed by atoms with Crippen LogP contribution >= 0.6 is 0 Å². The lowest BCUT2D eigenvalue weighted by atomic mass is 10.1. The lowest BCUT2D eigenvalue weighted by Crippen LogP contribution is -2.47. The number of hydrogen-bond acceptors (Lipinski definition) is 6. The molecule has 9 nitrogen and oxygen atoms in total.